The minimum Gasteiger partial charge on any atom is -0.487 e. The van der Waals surface area contributed by atoms with Crippen molar-refractivity contribution in [3.63, 3.8) is 0 Å². The second-order valence-corrected chi connectivity index (χ2v) is 9.30. The van der Waals surface area contributed by atoms with Gasteiger partial charge < -0.3 is 14.3 Å². The summed E-state index contributed by atoms with van der Waals surface area (Å²) in [4.78, 5) is 32.1. The van der Waals surface area contributed by atoms with E-state index in [-0.39, 0.29) is 18.8 Å². The molecule has 1 aromatic carbocycles. The first kappa shape index (κ1) is 26.0. The molecule has 0 saturated carbocycles. The largest absolute Gasteiger partial charge is 0.487 e. The molecule has 5 aromatic rings. The third kappa shape index (κ3) is 5.07. The number of para-hydroxylation sites is 1. The number of nitrogens with one attached hydrogen (secondary N) is 2. The summed E-state index contributed by atoms with van der Waals surface area (Å²) in [5.41, 5.74) is 2.54. The molecule has 0 aliphatic heterocycles. The molecule has 2 N–H and O–H groups in total. The Bertz CT molecular complexity index is 1820. The number of ether oxygens (including phenoxy) is 1. The van der Waals surface area contributed by atoms with Gasteiger partial charge in [0.2, 0.25) is 5.56 Å². The summed E-state index contributed by atoms with van der Waals surface area (Å²) in [6.45, 7) is 5.25. The van der Waals surface area contributed by atoms with Crippen LogP contribution in [0, 0.1) is 20.8 Å². The summed E-state index contributed by atoms with van der Waals surface area (Å²) in [6, 6.07) is 10.7. The summed E-state index contributed by atoms with van der Waals surface area (Å²) in [5, 5.41) is 8.09. The lowest BCUT2D eigenvalue weighted by Gasteiger charge is -2.17. The van der Waals surface area contributed by atoms with Crippen molar-refractivity contribution in [3.05, 3.63) is 109 Å². The van der Waals surface area contributed by atoms with Crippen molar-refractivity contribution in [2.75, 3.05) is 0 Å². The number of benzene rings is 1. The number of hydrogen-bond donors (Lipinski definition) is 2. The number of fused-ring (bicyclic) bond motifs is 1. The fourth-order valence-electron chi connectivity index (χ4n) is 4.60. The smallest absolute Gasteiger partial charge is 0.421 e. The molecule has 11 heteroatoms. The molecule has 0 radical (unpaired) electrons. The van der Waals surface area contributed by atoms with Crippen LogP contribution in [0.5, 0.6) is 5.75 Å². The molecule has 0 aliphatic rings. The molecule has 0 amide bonds. The molecule has 0 bridgehead atoms. The molecule has 4 heterocycles. The predicted octanol–water partition coefficient (Wildman–Crippen LogP) is 5.05. The van der Waals surface area contributed by atoms with E-state index in [0.29, 0.717) is 22.4 Å². The van der Waals surface area contributed by atoms with Crippen molar-refractivity contribution in [2.24, 2.45) is 0 Å². The highest BCUT2D eigenvalue weighted by atomic mass is 19.4. The standard InChI is InChI=1S/C28H24F3N5O3/c1-15-10-24(37)34-22(13-36-9-5-7-21(27(36)38)28(29,30)31)20(15)14-39-23-8-4-6-18-19(11-17(3)33-26(18)23)25-16(2)12-32-35-25/h4-12H,13-14H2,1-3H3,(H,32,35)(H,34,37). The van der Waals surface area contributed by atoms with Gasteiger partial charge in [-0.1, -0.05) is 12.1 Å². The fourth-order valence-corrected chi connectivity index (χ4v) is 4.60. The number of hydrogen-bond acceptors (Lipinski definition) is 5. The molecule has 0 unspecified atom stereocenters. The maximum atomic E-state index is 13.3. The second-order valence-electron chi connectivity index (χ2n) is 9.30. The average Bonchev–Trinajstić information content (AvgIpc) is 3.29. The predicted molar refractivity (Wildman–Crippen MR) is 140 cm³/mol. The van der Waals surface area contributed by atoms with Gasteiger partial charge in [-0.3, -0.25) is 14.7 Å². The Labute approximate surface area is 220 Å². The topological polar surface area (TPSA) is 106 Å². The van der Waals surface area contributed by atoms with Crippen LogP contribution in [0.1, 0.15) is 33.6 Å². The van der Waals surface area contributed by atoms with Crippen molar-refractivity contribution in [1.29, 1.82) is 0 Å². The second kappa shape index (κ2) is 9.90. The number of rotatable bonds is 6. The van der Waals surface area contributed by atoms with Crippen molar-refractivity contribution in [1.82, 2.24) is 24.7 Å². The molecule has 200 valence electrons. The van der Waals surface area contributed by atoms with Crippen LogP contribution >= 0.6 is 0 Å². The summed E-state index contributed by atoms with van der Waals surface area (Å²) < 4.78 is 46.9. The Kier molecular flexibility index (Phi) is 6.59. The maximum absolute atomic E-state index is 13.3. The summed E-state index contributed by atoms with van der Waals surface area (Å²) in [5.74, 6) is 0.485. The van der Waals surface area contributed by atoms with Gasteiger partial charge in [0.05, 0.1) is 12.2 Å². The molecule has 0 fully saturated rings. The molecule has 5 rings (SSSR count). The number of H-pyrrole nitrogens is 2. The van der Waals surface area contributed by atoms with Crippen LogP contribution in [0.2, 0.25) is 0 Å². The molecule has 39 heavy (non-hydrogen) atoms. The van der Waals surface area contributed by atoms with Crippen LogP contribution in [-0.4, -0.2) is 24.7 Å². The van der Waals surface area contributed by atoms with E-state index in [1.165, 1.54) is 12.3 Å². The fraction of sp³-hybridized carbons (Fsp3) is 0.214. The molecule has 4 aromatic heterocycles. The number of halogens is 3. The van der Waals surface area contributed by atoms with Crippen LogP contribution < -0.4 is 15.9 Å². The van der Waals surface area contributed by atoms with Gasteiger partial charge in [-0.25, -0.2) is 4.98 Å². The molecule has 8 nitrogen and oxygen atoms in total. The highest BCUT2D eigenvalue weighted by molar-refractivity contribution is 5.97. The molecular formula is C28H24F3N5O3. The van der Waals surface area contributed by atoms with Crippen molar-refractivity contribution in [2.45, 2.75) is 40.1 Å². The zero-order valence-electron chi connectivity index (χ0n) is 21.3. The first-order valence-corrected chi connectivity index (χ1v) is 12.0. The monoisotopic (exact) mass is 535 g/mol. The number of nitrogens with zero attached hydrogens (tertiary/aromatic N) is 3. The van der Waals surface area contributed by atoms with E-state index >= 15 is 0 Å². The minimum atomic E-state index is -4.79. The molecule has 0 atom stereocenters. The third-order valence-corrected chi connectivity index (χ3v) is 6.50. The highest BCUT2D eigenvalue weighted by Crippen LogP contribution is 2.34. The molecule has 0 saturated heterocycles. The van der Waals surface area contributed by atoms with Gasteiger partial charge in [-0.15, -0.1) is 0 Å². The van der Waals surface area contributed by atoms with Gasteiger partial charge in [0.25, 0.3) is 5.56 Å². The minimum absolute atomic E-state index is 0.0167. The van der Waals surface area contributed by atoms with Crippen LogP contribution in [0.15, 0.2) is 64.4 Å². The van der Waals surface area contributed by atoms with Crippen LogP contribution in [0.25, 0.3) is 22.2 Å². The maximum Gasteiger partial charge on any atom is 0.421 e. The van der Waals surface area contributed by atoms with Crippen LogP contribution in [-0.2, 0) is 19.3 Å². The Hall–Kier alpha value is -4.67. The highest BCUT2D eigenvalue weighted by Gasteiger charge is 2.34. The zero-order chi connectivity index (χ0) is 27.9. The van der Waals surface area contributed by atoms with Gasteiger partial charge in [0.1, 0.15) is 23.4 Å². The first-order valence-electron chi connectivity index (χ1n) is 12.0. The van der Waals surface area contributed by atoms with Crippen molar-refractivity contribution < 1.29 is 17.9 Å². The summed E-state index contributed by atoms with van der Waals surface area (Å²) in [7, 11) is 0. The van der Waals surface area contributed by atoms with Gasteiger partial charge in [-0.2, -0.15) is 18.3 Å². The van der Waals surface area contributed by atoms with Crippen LogP contribution in [0.4, 0.5) is 13.2 Å². The van der Waals surface area contributed by atoms with E-state index < -0.39 is 22.9 Å². The summed E-state index contributed by atoms with van der Waals surface area (Å²) in [6.07, 6.45) is -1.73. The number of aromatic nitrogens is 5. The zero-order valence-corrected chi connectivity index (χ0v) is 21.3. The van der Waals surface area contributed by atoms with Crippen LogP contribution in [0.3, 0.4) is 0 Å². The average molecular weight is 536 g/mol. The Morgan fingerprint density at radius 3 is 2.54 bits per heavy atom. The molecular weight excluding hydrogens is 511 g/mol. The Morgan fingerprint density at radius 2 is 1.82 bits per heavy atom. The van der Waals surface area contributed by atoms with Crippen molar-refractivity contribution >= 4 is 10.9 Å². The van der Waals surface area contributed by atoms with E-state index in [1.54, 1.807) is 13.0 Å². The SMILES string of the molecule is Cc1cc(-c2n[nH]cc2C)c2cccc(OCc3c(C)cc(=O)[nH]c3Cn3cccc(C(F)(F)F)c3=O)c2n1. The lowest BCUT2D eigenvalue weighted by molar-refractivity contribution is -0.138. The van der Waals surface area contributed by atoms with Gasteiger partial charge in [-0.05, 0) is 56.2 Å². The van der Waals surface area contributed by atoms with Gasteiger partial charge >= 0.3 is 6.18 Å². The lowest BCUT2D eigenvalue weighted by Crippen LogP contribution is -2.29. The van der Waals surface area contributed by atoms with E-state index in [2.05, 4.69) is 20.2 Å². The quantitative estimate of drug-likeness (QED) is 0.317. The normalized spacial score (nSPS) is 11.7. The van der Waals surface area contributed by atoms with Crippen molar-refractivity contribution in [3.8, 4) is 17.0 Å². The Morgan fingerprint density at radius 1 is 1.03 bits per heavy atom. The lowest BCUT2D eigenvalue weighted by atomic mass is 10.0. The molecule has 0 aliphatic carbocycles. The molecule has 0 spiro atoms. The number of pyridine rings is 3. The number of aromatic amines is 2. The third-order valence-electron chi connectivity index (χ3n) is 6.50. The van der Waals surface area contributed by atoms with E-state index in [1.807, 2.05) is 38.2 Å². The number of alkyl halides is 3. The summed E-state index contributed by atoms with van der Waals surface area (Å²) >= 11 is 0. The Balaban J connectivity index is 1.53. The van der Waals surface area contributed by atoms with Gasteiger partial charge in [0, 0.05) is 46.4 Å². The first-order chi connectivity index (χ1) is 18.5. The van der Waals surface area contributed by atoms with E-state index in [9.17, 15) is 22.8 Å². The van der Waals surface area contributed by atoms with Gasteiger partial charge in [0.15, 0.2) is 0 Å². The number of aryl methyl sites for hydroxylation is 3. The van der Waals surface area contributed by atoms with E-state index in [0.717, 1.165) is 44.6 Å². The van der Waals surface area contributed by atoms with E-state index in [4.69, 9.17) is 4.74 Å².